The number of carboxylic acids is 1. The molecule has 0 bridgehead atoms. The zero-order valence-corrected chi connectivity index (χ0v) is 12.9. The number of aryl methyl sites for hydroxylation is 1. The molecule has 120 valence electrons. The topological polar surface area (TPSA) is 101 Å². The number of hydrogen-bond donors (Lipinski definition) is 2. The number of aliphatic carboxylic acids is 1. The zero-order chi connectivity index (χ0) is 17.0. The summed E-state index contributed by atoms with van der Waals surface area (Å²) in [6.45, 7) is 0. The highest BCUT2D eigenvalue weighted by Crippen LogP contribution is 2.25. The number of carbonyl (C=O) groups is 2. The first kappa shape index (κ1) is 16.7. The largest absolute Gasteiger partial charge is 0.481 e. The maximum absolute atomic E-state index is 12.3. The summed E-state index contributed by atoms with van der Waals surface area (Å²) in [4.78, 5) is 34.6. The van der Waals surface area contributed by atoms with Gasteiger partial charge in [0.25, 0.3) is 11.5 Å². The summed E-state index contributed by atoms with van der Waals surface area (Å²) < 4.78 is 1.02. The number of carboxylic acid groups (broad SMARTS) is 1. The summed E-state index contributed by atoms with van der Waals surface area (Å²) >= 11 is 6.07. The van der Waals surface area contributed by atoms with E-state index in [9.17, 15) is 14.4 Å². The Bertz CT molecular complexity index is 803. The predicted molar refractivity (Wildman–Crippen MR) is 83.4 cm³/mol. The van der Waals surface area contributed by atoms with Gasteiger partial charge in [-0.1, -0.05) is 29.8 Å². The molecule has 1 amide bonds. The van der Waals surface area contributed by atoms with Gasteiger partial charge < -0.3 is 10.4 Å². The molecule has 7 nitrogen and oxygen atoms in total. The first-order chi connectivity index (χ1) is 10.9. The summed E-state index contributed by atoms with van der Waals surface area (Å²) in [5.41, 5.74) is 0.152. The summed E-state index contributed by atoms with van der Waals surface area (Å²) in [7, 11) is 1.42. The van der Waals surface area contributed by atoms with Gasteiger partial charge in [-0.2, -0.15) is 5.10 Å². The van der Waals surface area contributed by atoms with Crippen LogP contribution in [0.1, 0.15) is 28.5 Å². The van der Waals surface area contributed by atoms with Crippen LogP contribution in [0.2, 0.25) is 5.02 Å². The quantitative estimate of drug-likeness (QED) is 0.859. The van der Waals surface area contributed by atoms with Gasteiger partial charge in [-0.05, 0) is 17.7 Å². The molecule has 1 atom stereocenters. The average Bonchev–Trinajstić information content (AvgIpc) is 2.49. The molecule has 0 radical (unpaired) electrons. The van der Waals surface area contributed by atoms with Crippen molar-refractivity contribution in [2.45, 2.75) is 12.5 Å². The number of amides is 1. The van der Waals surface area contributed by atoms with E-state index < -0.39 is 17.9 Å². The SMILES string of the molecule is Cn1nc(C(=O)N[C@@H](CC(=O)O)c2ccccc2Cl)ccc1=O. The molecule has 0 spiro atoms. The number of rotatable bonds is 5. The fraction of sp³-hybridized carbons (Fsp3) is 0.200. The molecule has 0 aliphatic carbocycles. The van der Waals surface area contributed by atoms with Gasteiger partial charge in [0.15, 0.2) is 0 Å². The summed E-state index contributed by atoms with van der Waals surface area (Å²) in [5, 5.41) is 15.8. The van der Waals surface area contributed by atoms with Crippen LogP contribution in [-0.2, 0) is 11.8 Å². The van der Waals surface area contributed by atoms with Crippen LogP contribution < -0.4 is 10.9 Å². The van der Waals surface area contributed by atoms with E-state index in [0.29, 0.717) is 10.6 Å². The Labute approximate surface area is 136 Å². The molecule has 2 N–H and O–H groups in total. The van der Waals surface area contributed by atoms with Crippen molar-refractivity contribution in [2.24, 2.45) is 7.05 Å². The van der Waals surface area contributed by atoms with Gasteiger partial charge >= 0.3 is 5.97 Å². The minimum Gasteiger partial charge on any atom is -0.481 e. The fourth-order valence-electron chi connectivity index (χ4n) is 2.03. The third-order valence-electron chi connectivity index (χ3n) is 3.16. The lowest BCUT2D eigenvalue weighted by Crippen LogP contribution is -2.32. The van der Waals surface area contributed by atoms with Crippen molar-refractivity contribution in [2.75, 3.05) is 0 Å². The molecule has 2 aromatic rings. The van der Waals surface area contributed by atoms with Crippen molar-refractivity contribution >= 4 is 23.5 Å². The van der Waals surface area contributed by atoms with Gasteiger partial charge in [0, 0.05) is 18.1 Å². The maximum Gasteiger partial charge on any atom is 0.305 e. The Kier molecular flexibility index (Phi) is 5.13. The van der Waals surface area contributed by atoms with Gasteiger partial charge in [-0.3, -0.25) is 14.4 Å². The van der Waals surface area contributed by atoms with Gasteiger partial charge in [0.2, 0.25) is 0 Å². The Morgan fingerprint density at radius 3 is 2.61 bits per heavy atom. The molecular weight excluding hydrogens is 322 g/mol. The number of nitrogens with one attached hydrogen (secondary N) is 1. The highest BCUT2D eigenvalue weighted by atomic mass is 35.5. The number of benzene rings is 1. The van der Waals surface area contributed by atoms with Gasteiger partial charge in [-0.25, -0.2) is 4.68 Å². The third kappa shape index (κ3) is 4.17. The van der Waals surface area contributed by atoms with Gasteiger partial charge in [-0.15, -0.1) is 0 Å². The first-order valence-electron chi connectivity index (χ1n) is 6.70. The van der Waals surface area contributed by atoms with Gasteiger partial charge in [0.05, 0.1) is 12.5 Å². The molecule has 1 aromatic carbocycles. The van der Waals surface area contributed by atoms with Crippen LogP contribution in [0.15, 0.2) is 41.2 Å². The van der Waals surface area contributed by atoms with Crippen molar-refractivity contribution in [1.82, 2.24) is 15.1 Å². The molecule has 0 aliphatic rings. The Morgan fingerprint density at radius 2 is 2.00 bits per heavy atom. The van der Waals surface area contributed by atoms with Crippen LogP contribution in [0.25, 0.3) is 0 Å². The smallest absolute Gasteiger partial charge is 0.305 e. The average molecular weight is 336 g/mol. The normalized spacial score (nSPS) is 11.7. The lowest BCUT2D eigenvalue weighted by atomic mass is 10.0. The van der Waals surface area contributed by atoms with E-state index in [0.717, 1.165) is 4.68 Å². The Morgan fingerprint density at radius 1 is 1.30 bits per heavy atom. The molecule has 0 aliphatic heterocycles. The van der Waals surface area contributed by atoms with Crippen molar-refractivity contribution in [3.05, 3.63) is 63.0 Å². The number of carbonyl (C=O) groups excluding carboxylic acids is 1. The lowest BCUT2D eigenvalue weighted by Gasteiger charge is -2.18. The summed E-state index contributed by atoms with van der Waals surface area (Å²) in [6, 6.07) is 8.35. The van der Waals surface area contributed by atoms with Crippen LogP contribution in [0, 0.1) is 0 Å². The molecule has 0 saturated heterocycles. The zero-order valence-electron chi connectivity index (χ0n) is 12.2. The lowest BCUT2D eigenvalue weighted by molar-refractivity contribution is -0.137. The standard InChI is InChI=1S/C15H14ClN3O4/c1-19-13(20)7-6-11(18-19)15(23)17-12(8-14(21)22)9-4-2-3-5-10(9)16/h2-7,12H,8H2,1H3,(H,17,23)(H,21,22)/t12-/m0/s1. The minimum atomic E-state index is -1.08. The number of hydrogen-bond acceptors (Lipinski definition) is 4. The summed E-state index contributed by atoms with van der Waals surface area (Å²) in [5.74, 6) is -1.67. The van der Waals surface area contributed by atoms with Crippen molar-refractivity contribution in [3.8, 4) is 0 Å². The van der Waals surface area contributed by atoms with E-state index in [1.54, 1.807) is 24.3 Å². The van der Waals surface area contributed by atoms with E-state index in [4.69, 9.17) is 16.7 Å². The van der Waals surface area contributed by atoms with E-state index in [-0.39, 0.29) is 17.7 Å². The fourth-order valence-corrected chi connectivity index (χ4v) is 2.29. The van der Waals surface area contributed by atoms with Crippen LogP contribution in [0.4, 0.5) is 0 Å². The second kappa shape index (κ2) is 7.06. The number of halogens is 1. The molecule has 23 heavy (non-hydrogen) atoms. The molecule has 0 fully saturated rings. The van der Waals surface area contributed by atoms with Crippen LogP contribution in [0.5, 0.6) is 0 Å². The Hall–Kier alpha value is -2.67. The van der Waals surface area contributed by atoms with Crippen molar-refractivity contribution in [1.29, 1.82) is 0 Å². The molecular formula is C15H14ClN3O4. The van der Waals surface area contributed by atoms with E-state index in [1.165, 1.54) is 19.2 Å². The third-order valence-corrected chi connectivity index (χ3v) is 3.50. The van der Waals surface area contributed by atoms with E-state index in [2.05, 4.69) is 10.4 Å². The number of nitrogens with zero attached hydrogens (tertiary/aromatic N) is 2. The molecule has 1 aromatic heterocycles. The Balaban J connectivity index is 2.28. The second-order valence-electron chi connectivity index (χ2n) is 4.83. The summed E-state index contributed by atoms with van der Waals surface area (Å²) in [6.07, 6.45) is -0.332. The van der Waals surface area contributed by atoms with E-state index in [1.807, 2.05) is 0 Å². The van der Waals surface area contributed by atoms with Crippen molar-refractivity contribution in [3.63, 3.8) is 0 Å². The number of aromatic nitrogens is 2. The monoisotopic (exact) mass is 335 g/mol. The highest BCUT2D eigenvalue weighted by Gasteiger charge is 2.21. The highest BCUT2D eigenvalue weighted by molar-refractivity contribution is 6.31. The van der Waals surface area contributed by atoms with Crippen LogP contribution >= 0.6 is 11.6 Å². The van der Waals surface area contributed by atoms with Gasteiger partial charge in [0.1, 0.15) is 5.69 Å². The molecule has 0 saturated carbocycles. The van der Waals surface area contributed by atoms with E-state index >= 15 is 0 Å². The molecule has 8 heteroatoms. The van der Waals surface area contributed by atoms with Crippen molar-refractivity contribution < 1.29 is 14.7 Å². The van der Waals surface area contributed by atoms with Crippen LogP contribution in [0.3, 0.4) is 0 Å². The van der Waals surface area contributed by atoms with Crippen LogP contribution in [-0.4, -0.2) is 26.8 Å². The minimum absolute atomic E-state index is 0.00884. The molecule has 1 heterocycles. The predicted octanol–water partition coefficient (Wildman–Crippen LogP) is 1.38. The second-order valence-corrected chi connectivity index (χ2v) is 5.23. The maximum atomic E-state index is 12.3. The first-order valence-corrected chi connectivity index (χ1v) is 7.07. The molecule has 2 rings (SSSR count). The molecule has 0 unspecified atom stereocenters.